The lowest BCUT2D eigenvalue weighted by molar-refractivity contribution is -0.118. The van der Waals surface area contributed by atoms with E-state index in [0.717, 1.165) is 21.3 Å². The van der Waals surface area contributed by atoms with Crippen molar-refractivity contribution in [2.24, 2.45) is 5.10 Å². The molecule has 0 fully saturated rings. The molecule has 1 N–H and O–H groups in total. The number of benzene rings is 4. The molecule has 43 heavy (non-hydrogen) atoms. The molecule has 0 aliphatic rings. The van der Waals surface area contributed by atoms with Crippen molar-refractivity contribution in [3.8, 4) is 22.8 Å². The first-order valence-corrected chi connectivity index (χ1v) is 15.3. The lowest BCUT2D eigenvalue weighted by Gasteiger charge is -2.10. The van der Waals surface area contributed by atoms with Gasteiger partial charge in [0.1, 0.15) is 10.6 Å². The largest absolute Gasteiger partial charge is 0.422 e. The number of carbonyl (C=O) groups excluding carboxylic acids is 2. The number of thiophene rings is 1. The number of amides is 1. The number of hydrogen-bond acceptors (Lipinski definition) is 8. The zero-order valence-electron chi connectivity index (χ0n) is 22.4. The maximum Gasteiger partial charge on any atom is 0.355 e. The van der Waals surface area contributed by atoms with Gasteiger partial charge in [0.2, 0.25) is 0 Å². The van der Waals surface area contributed by atoms with Crippen LogP contribution < -0.4 is 10.2 Å². The molecule has 2 heterocycles. The molecule has 0 spiro atoms. The first kappa shape index (κ1) is 28.4. The first-order valence-electron chi connectivity index (χ1n) is 13.1. The minimum Gasteiger partial charge on any atom is -0.422 e. The molecule has 8 nitrogen and oxygen atoms in total. The molecule has 6 aromatic rings. The average Bonchev–Trinajstić information content (AvgIpc) is 3.63. The number of rotatable bonds is 9. The molecule has 0 bridgehead atoms. The lowest BCUT2D eigenvalue weighted by atomic mass is 10.2. The molecule has 0 saturated heterocycles. The Hall–Kier alpha value is -4.77. The quantitative estimate of drug-likeness (QED) is 0.0598. The van der Waals surface area contributed by atoms with E-state index in [1.165, 1.54) is 29.3 Å². The van der Waals surface area contributed by atoms with E-state index in [0.29, 0.717) is 26.4 Å². The van der Waals surface area contributed by atoms with Crippen LogP contribution in [0.15, 0.2) is 119 Å². The van der Waals surface area contributed by atoms with Crippen LogP contribution in [-0.2, 0) is 4.79 Å². The van der Waals surface area contributed by atoms with E-state index >= 15 is 0 Å². The van der Waals surface area contributed by atoms with Crippen LogP contribution in [0, 0.1) is 0 Å². The van der Waals surface area contributed by atoms with Gasteiger partial charge >= 0.3 is 5.97 Å². The molecule has 0 radical (unpaired) electrons. The molecule has 4 aromatic carbocycles. The summed E-state index contributed by atoms with van der Waals surface area (Å²) in [6.07, 6.45) is 1.43. The standard InChI is InChI=1S/C32H22ClN5O3S2/c33-28-24-16-8-10-18-26(24)43-29(28)31(40)41-25-17-9-7-13-22(25)19-34-35-27(39)20-42-32-37-36-30(21-11-3-1-4-12-21)38(32)23-14-5-2-6-15-23/h1-19H,20H2,(H,35,39). The number of nitrogens with one attached hydrogen (secondary N) is 1. The van der Waals surface area contributed by atoms with Crippen molar-refractivity contribution < 1.29 is 14.3 Å². The normalized spacial score (nSPS) is 11.2. The number of halogens is 1. The number of thioether (sulfide) groups is 1. The fourth-order valence-corrected chi connectivity index (χ4v) is 6.38. The van der Waals surface area contributed by atoms with Gasteiger partial charge in [-0.15, -0.1) is 21.5 Å². The Kier molecular flexibility index (Phi) is 8.60. The summed E-state index contributed by atoms with van der Waals surface area (Å²) in [6.45, 7) is 0. The first-order chi connectivity index (χ1) is 21.1. The molecule has 0 aliphatic heterocycles. The number of fused-ring (bicyclic) bond motifs is 1. The molecule has 2 aromatic heterocycles. The van der Waals surface area contributed by atoms with Gasteiger partial charge in [-0.3, -0.25) is 9.36 Å². The van der Waals surface area contributed by atoms with Crippen molar-refractivity contribution in [3.05, 3.63) is 125 Å². The van der Waals surface area contributed by atoms with E-state index in [-0.39, 0.29) is 17.4 Å². The summed E-state index contributed by atoms with van der Waals surface area (Å²) in [4.78, 5) is 26.0. The number of aromatic nitrogens is 3. The van der Waals surface area contributed by atoms with Crippen molar-refractivity contribution in [1.29, 1.82) is 0 Å². The highest BCUT2D eigenvalue weighted by atomic mass is 35.5. The Morgan fingerprint density at radius 3 is 2.40 bits per heavy atom. The molecule has 11 heteroatoms. The third-order valence-electron chi connectivity index (χ3n) is 6.25. The van der Waals surface area contributed by atoms with Crippen molar-refractivity contribution in [2.75, 3.05) is 5.75 Å². The van der Waals surface area contributed by atoms with Crippen LogP contribution in [0.4, 0.5) is 0 Å². The molecule has 0 atom stereocenters. The second-order valence-electron chi connectivity index (χ2n) is 9.09. The molecule has 0 aliphatic carbocycles. The number of esters is 1. The zero-order chi connectivity index (χ0) is 29.6. The van der Waals surface area contributed by atoms with Gasteiger partial charge in [-0.25, -0.2) is 10.2 Å². The Balaban J connectivity index is 1.12. The molecule has 0 unspecified atom stereocenters. The Morgan fingerprint density at radius 1 is 0.907 bits per heavy atom. The van der Waals surface area contributed by atoms with Crippen LogP contribution in [-0.4, -0.2) is 38.6 Å². The number of para-hydroxylation sites is 2. The van der Waals surface area contributed by atoms with Crippen molar-refractivity contribution in [1.82, 2.24) is 20.2 Å². The van der Waals surface area contributed by atoms with E-state index in [4.69, 9.17) is 16.3 Å². The Morgan fingerprint density at radius 2 is 1.60 bits per heavy atom. The van der Waals surface area contributed by atoms with Gasteiger partial charge in [-0.1, -0.05) is 102 Å². The lowest BCUT2D eigenvalue weighted by Crippen LogP contribution is -2.20. The van der Waals surface area contributed by atoms with E-state index in [1.807, 2.05) is 89.5 Å². The third kappa shape index (κ3) is 6.36. The van der Waals surface area contributed by atoms with Crippen LogP contribution >= 0.6 is 34.7 Å². The summed E-state index contributed by atoms with van der Waals surface area (Å²) < 4.78 is 8.48. The van der Waals surface area contributed by atoms with Gasteiger partial charge in [0, 0.05) is 26.9 Å². The number of carbonyl (C=O) groups is 2. The number of nitrogens with zero attached hydrogens (tertiary/aromatic N) is 4. The summed E-state index contributed by atoms with van der Waals surface area (Å²) in [5, 5.41) is 14.6. The van der Waals surface area contributed by atoms with Gasteiger partial charge in [0.05, 0.1) is 17.0 Å². The SMILES string of the molecule is O=C(CSc1nnc(-c2ccccc2)n1-c1ccccc1)NN=Cc1ccccc1OC(=O)c1sc2ccccc2c1Cl. The molecule has 6 rings (SSSR count). The average molecular weight is 624 g/mol. The molecule has 1 amide bonds. The van der Waals surface area contributed by atoms with E-state index in [9.17, 15) is 9.59 Å². The van der Waals surface area contributed by atoms with Crippen LogP contribution in [0.25, 0.3) is 27.2 Å². The fourth-order valence-electron chi connectivity index (χ4n) is 4.26. The van der Waals surface area contributed by atoms with Gasteiger partial charge in [0.25, 0.3) is 5.91 Å². The molecule has 212 valence electrons. The van der Waals surface area contributed by atoms with Crippen molar-refractivity contribution in [3.63, 3.8) is 0 Å². The number of hydrogen-bond donors (Lipinski definition) is 1. The predicted octanol–water partition coefficient (Wildman–Crippen LogP) is 7.26. The van der Waals surface area contributed by atoms with Gasteiger partial charge in [0.15, 0.2) is 11.0 Å². The van der Waals surface area contributed by atoms with Crippen molar-refractivity contribution >= 4 is 62.9 Å². The Bertz CT molecular complexity index is 1940. The summed E-state index contributed by atoms with van der Waals surface area (Å²) in [7, 11) is 0. The maximum atomic E-state index is 13.0. The predicted molar refractivity (Wildman–Crippen MR) is 171 cm³/mol. The van der Waals surface area contributed by atoms with E-state index in [1.54, 1.807) is 24.3 Å². The van der Waals surface area contributed by atoms with Crippen LogP contribution in [0.3, 0.4) is 0 Å². The van der Waals surface area contributed by atoms with Crippen LogP contribution in [0.2, 0.25) is 5.02 Å². The highest BCUT2D eigenvalue weighted by Gasteiger charge is 2.20. The minimum atomic E-state index is -0.565. The second kappa shape index (κ2) is 13.0. The van der Waals surface area contributed by atoms with Gasteiger partial charge < -0.3 is 4.74 Å². The van der Waals surface area contributed by atoms with E-state index in [2.05, 4.69) is 20.7 Å². The summed E-state index contributed by atoms with van der Waals surface area (Å²) in [5.74, 6) is 0.119. The molecular weight excluding hydrogens is 602 g/mol. The number of ether oxygens (including phenoxy) is 1. The zero-order valence-corrected chi connectivity index (χ0v) is 24.8. The van der Waals surface area contributed by atoms with Crippen LogP contribution in [0.5, 0.6) is 5.75 Å². The fraction of sp³-hybridized carbons (Fsp3) is 0.0312. The third-order valence-corrected chi connectivity index (χ3v) is 8.83. The highest BCUT2D eigenvalue weighted by molar-refractivity contribution is 7.99. The second-order valence-corrected chi connectivity index (χ2v) is 11.5. The number of hydrazone groups is 1. The smallest absolute Gasteiger partial charge is 0.355 e. The monoisotopic (exact) mass is 623 g/mol. The highest BCUT2D eigenvalue weighted by Crippen LogP contribution is 2.36. The molecule has 0 saturated carbocycles. The van der Waals surface area contributed by atoms with Crippen LogP contribution in [0.1, 0.15) is 15.2 Å². The van der Waals surface area contributed by atoms with Gasteiger partial charge in [-0.05, 0) is 30.3 Å². The summed E-state index contributed by atoms with van der Waals surface area (Å²) >= 11 is 8.97. The molecular formula is C32H22ClN5O3S2. The summed E-state index contributed by atoms with van der Waals surface area (Å²) in [6, 6.07) is 33.9. The Labute approximate surface area is 260 Å². The topological polar surface area (TPSA) is 98.5 Å². The summed E-state index contributed by atoms with van der Waals surface area (Å²) in [5.41, 5.74) is 4.84. The maximum absolute atomic E-state index is 13.0. The van der Waals surface area contributed by atoms with E-state index < -0.39 is 5.97 Å². The minimum absolute atomic E-state index is 0.0537. The van der Waals surface area contributed by atoms with Gasteiger partial charge in [-0.2, -0.15) is 5.10 Å². The van der Waals surface area contributed by atoms with Crippen molar-refractivity contribution in [2.45, 2.75) is 5.16 Å².